The Morgan fingerprint density at radius 2 is 0.272 bits per heavy atom. The van der Waals surface area contributed by atoms with E-state index in [-0.39, 0.29) is 91.8 Å². The fourth-order valence-corrected chi connectivity index (χ4v) is 14.0. The zero-order valence-electron chi connectivity index (χ0n) is 60.6. The zero-order valence-corrected chi connectivity index (χ0v) is 66.0. The molecule has 0 atom stereocenters. The van der Waals surface area contributed by atoms with E-state index in [1.165, 1.54) is 86.9 Å². The number of rotatable bonds is 8. The van der Waals surface area contributed by atoms with Crippen LogP contribution in [0.15, 0.2) is 194 Å². The summed E-state index contributed by atoms with van der Waals surface area (Å²) in [5.74, 6) is 0. The van der Waals surface area contributed by atoms with Crippen LogP contribution in [0.3, 0.4) is 0 Å². The lowest BCUT2D eigenvalue weighted by molar-refractivity contribution is -0.00100. The lowest BCUT2D eigenvalue weighted by Gasteiger charge is -2.19. The molecule has 0 radical (unpaired) electrons. The Bertz CT molecular complexity index is 2830. The minimum absolute atomic E-state index is 0. The fourth-order valence-electron chi connectivity index (χ4n) is 9.40. The Labute approximate surface area is 564 Å². The molecule has 0 saturated carbocycles. The first kappa shape index (κ1) is 85.2. The van der Waals surface area contributed by atoms with Crippen molar-refractivity contribution in [2.75, 3.05) is 6.26 Å². The van der Waals surface area contributed by atoms with E-state index < -0.39 is 10.1 Å². The lowest BCUT2D eigenvalue weighted by atomic mass is 9.87. The van der Waals surface area contributed by atoms with E-state index in [1.807, 2.05) is 0 Å². The summed E-state index contributed by atoms with van der Waals surface area (Å²) in [6, 6.07) is 73.3. The van der Waals surface area contributed by atoms with E-state index >= 15 is 0 Å². The predicted molar refractivity (Wildman–Crippen MR) is 413 cm³/mol. The molecule has 0 aromatic heterocycles. The zero-order chi connectivity index (χ0) is 67.2. The molecule has 0 unspecified atom stereocenters. The number of halogens is 3. The van der Waals surface area contributed by atoms with Crippen molar-refractivity contribution in [1.82, 2.24) is 0 Å². The van der Waals surface area contributed by atoms with Crippen molar-refractivity contribution >= 4 is 86.9 Å². The maximum absolute atomic E-state index is 9.08. The third kappa shape index (κ3) is 31.2. The van der Waals surface area contributed by atoms with Crippen LogP contribution in [0.4, 0.5) is 0 Å². The van der Waals surface area contributed by atoms with E-state index in [0.29, 0.717) is 6.26 Å². The van der Waals surface area contributed by atoms with E-state index in [4.69, 9.17) is 13.0 Å². The van der Waals surface area contributed by atoms with Crippen molar-refractivity contribution < 1.29 is 27.1 Å². The van der Waals surface area contributed by atoms with Crippen molar-refractivity contribution in [2.24, 2.45) is 0 Å². The maximum Gasteiger partial charge on any atom is 0.0942 e. The van der Waals surface area contributed by atoms with Gasteiger partial charge in [-0.15, -0.1) is 0 Å². The number of hydrogen-bond acceptors (Lipinski definition) is 3. The predicted octanol–water partition coefficient (Wildman–Crippen LogP) is 8.75. The molecule has 8 aromatic rings. The van der Waals surface area contributed by atoms with Gasteiger partial charge in [0.1, 0.15) is 0 Å². The van der Waals surface area contributed by atoms with Gasteiger partial charge in [0, 0.05) is 6.26 Å². The summed E-state index contributed by atoms with van der Waals surface area (Å²) < 4.78 is 27.2. The van der Waals surface area contributed by atoms with Crippen LogP contribution in [0.2, 0.25) is 0 Å². The minimum atomic E-state index is -3.92. The van der Waals surface area contributed by atoms with E-state index in [9.17, 15) is 0 Å². The van der Waals surface area contributed by atoms with Gasteiger partial charge < -0.3 is 18.7 Å². The molecule has 8 rings (SSSR count). The van der Waals surface area contributed by atoms with Gasteiger partial charge in [-0.25, -0.2) is 8.42 Å². The molecule has 0 amide bonds. The maximum atomic E-state index is 9.08. The normalized spacial score (nSPS) is 12.0. The highest BCUT2D eigenvalue weighted by Crippen LogP contribution is 2.29. The van der Waals surface area contributed by atoms with Crippen LogP contribution in [0.25, 0.3) is 0 Å². The molecule has 0 heterocycles. The number of hydrogen-bond donors (Lipinski definition) is 0. The Kier molecular flexibility index (Phi) is 32.6. The molecule has 0 aliphatic heterocycles. The van der Waals surface area contributed by atoms with Gasteiger partial charge in [0.15, 0.2) is 0 Å². The molecule has 0 aliphatic rings. The SMILES string of the molecule is CC(C)(C)c1ccc([PH2+]c2ccc(C(C)(C)C)cc2)cc1.CC(C)(C)c1ccc([PH2+]c2ccc(C(C)(C)C)cc2)cc1.CC(C)(C)c1ccc([PH2+]c2ccc(C(C)(C)C)cc2)cc1.CC(C)(C)c1ccc([PH2+]c2ccc(C(C)(C)C)cc2)cc1.CS(=O)(=O)[O-].[F-].[F-].[F-]. The van der Waals surface area contributed by atoms with Gasteiger partial charge in [0.2, 0.25) is 0 Å². The second kappa shape index (κ2) is 35.3. The van der Waals surface area contributed by atoms with Crippen molar-refractivity contribution in [3.05, 3.63) is 239 Å². The topological polar surface area (TPSA) is 57.2 Å². The third-order valence-corrected chi connectivity index (χ3v) is 21.3. The third-order valence-electron chi connectivity index (χ3n) is 15.5. The average Bonchev–Trinajstić information content (AvgIpc) is 1.53. The first-order chi connectivity index (χ1) is 40.6. The Morgan fingerprint density at radius 3 is 0.326 bits per heavy atom. The van der Waals surface area contributed by atoms with Crippen molar-refractivity contribution in [2.45, 2.75) is 209 Å². The van der Waals surface area contributed by atoms with Crippen molar-refractivity contribution in [1.29, 1.82) is 0 Å². The fraction of sp³-hybridized carbons (Fsp3) is 0.407. The van der Waals surface area contributed by atoms with Gasteiger partial charge in [-0.1, -0.05) is 263 Å². The summed E-state index contributed by atoms with van der Waals surface area (Å²) in [5.41, 5.74) is 13.2. The summed E-state index contributed by atoms with van der Waals surface area (Å²) in [4.78, 5) is 0. The average molecular weight is 1350 g/mol. The molecule has 8 aromatic carbocycles. The highest BCUT2D eigenvalue weighted by molar-refractivity contribution is 7.84. The molecular formula is C81H115F3O3P4S. The molecule has 0 fully saturated rings. The Hall–Kier alpha value is -4.82. The van der Waals surface area contributed by atoms with Gasteiger partial charge in [0.05, 0.1) is 86.9 Å². The summed E-state index contributed by atoms with van der Waals surface area (Å²) in [6.07, 6.45) is 0.604. The van der Waals surface area contributed by atoms with Crippen LogP contribution >= 0.6 is 34.3 Å². The van der Waals surface area contributed by atoms with E-state index in [1.54, 1.807) is 0 Å². The van der Waals surface area contributed by atoms with Gasteiger partial charge in [-0.05, 0) is 185 Å². The van der Waals surface area contributed by atoms with Crippen molar-refractivity contribution in [3.63, 3.8) is 0 Å². The lowest BCUT2D eigenvalue weighted by Crippen LogP contribution is -3.00. The van der Waals surface area contributed by atoms with E-state index in [2.05, 4.69) is 360 Å². The molecule has 92 heavy (non-hydrogen) atoms. The molecule has 0 spiro atoms. The van der Waals surface area contributed by atoms with Crippen LogP contribution in [0.1, 0.15) is 211 Å². The monoisotopic (exact) mass is 1350 g/mol. The van der Waals surface area contributed by atoms with Crippen LogP contribution in [-0.4, -0.2) is 19.2 Å². The number of benzene rings is 8. The molecule has 3 nitrogen and oxygen atoms in total. The quantitative estimate of drug-likeness (QED) is 0.113. The van der Waals surface area contributed by atoms with Gasteiger partial charge in [-0.3, -0.25) is 0 Å². The molecular weight excluding hydrogens is 1230 g/mol. The summed E-state index contributed by atoms with van der Waals surface area (Å²) in [5, 5.41) is 11.7. The van der Waals surface area contributed by atoms with Crippen LogP contribution in [-0.2, 0) is 53.4 Å². The Balaban J connectivity index is 0.000000591. The van der Waals surface area contributed by atoms with Gasteiger partial charge in [-0.2, -0.15) is 0 Å². The molecule has 504 valence electrons. The second-order valence-corrected chi connectivity index (χ2v) is 40.2. The smallest absolute Gasteiger partial charge is 0.0942 e. The Morgan fingerprint density at radius 1 is 0.207 bits per heavy atom. The summed E-state index contributed by atoms with van der Waals surface area (Å²) in [6.45, 7) is 54.3. The molecule has 0 aliphatic carbocycles. The van der Waals surface area contributed by atoms with Crippen LogP contribution in [0, 0.1) is 0 Å². The first-order valence-electron chi connectivity index (χ1n) is 31.8. The highest BCUT2D eigenvalue weighted by Gasteiger charge is 2.21. The van der Waals surface area contributed by atoms with Gasteiger partial charge >= 0.3 is 0 Å². The van der Waals surface area contributed by atoms with Crippen LogP contribution < -0.4 is 56.5 Å². The van der Waals surface area contributed by atoms with Gasteiger partial charge in [0.25, 0.3) is 0 Å². The minimum Gasteiger partial charge on any atom is -1.00 e. The second-order valence-electron chi connectivity index (χ2n) is 32.3. The standard InChI is InChI=1S/4C20H27P.CH4O3S.3FH/c4*1-19(2,3)15-7-11-17(12-8-15)21-18-13-9-16(10-14-18)20(4,5)6;1-5(2,3)4;;;/h4*7-14,21H,1-6H3;1H3,(H,2,3,4);3*1H. The largest absolute Gasteiger partial charge is 1.00 e. The molecule has 0 bridgehead atoms. The highest BCUT2D eigenvalue weighted by atomic mass is 32.2. The summed E-state index contributed by atoms with van der Waals surface area (Å²) in [7, 11) is -3.15. The molecule has 11 heteroatoms. The summed E-state index contributed by atoms with van der Waals surface area (Å²) >= 11 is 0. The molecule has 0 saturated heterocycles. The molecule has 0 N–H and O–H groups in total. The van der Waals surface area contributed by atoms with E-state index in [0.717, 1.165) is 0 Å². The first-order valence-corrected chi connectivity index (χ1v) is 38.2. The van der Waals surface area contributed by atoms with Crippen molar-refractivity contribution in [3.8, 4) is 0 Å². The van der Waals surface area contributed by atoms with Crippen LogP contribution in [0.5, 0.6) is 0 Å².